The fourth-order valence-corrected chi connectivity index (χ4v) is 7.72. The van der Waals surface area contributed by atoms with E-state index < -0.39 is 6.23 Å². The molecule has 2 unspecified atom stereocenters. The summed E-state index contributed by atoms with van der Waals surface area (Å²) in [6, 6.07) is 36.0. The van der Waals surface area contributed by atoms with Gasteiger partial charge >= 0.3 is 0 Å². The summed E-state index contributed by atoms with van der Waals surface area (Å²) in [6.07, 6.45) is 5.31. The molecule has 55 heavy (non-hydrogen) atoms. The number of anilines is 1. The van der Waals surface area contributed by atoms with Crippen LogP contribution in [0.25, 0.3) is 11.1 Å². The van der Waals surface area contributed by atoms with Crippen molar-refractivity contribution in [2.45, 2.75) is 106 Å². The maximum atomic E-state index is 13.3. The first kappa shape index (κ1) is 41.3. The highest BCUT2D eigenvalue weighted by Gasteiger charge is 2.25. The lowest BCUT2D eigenvalue weighted by molar-refractivity contribution is 0.0946. The molecule has 0 saturated carbocycles. The Hall–Kier alpha value is -4.87. The van der Waals surface area contributed by atoms with Crippen LogP contribution in [0.15, 0.2) is 109 Å². The van der Waals surface area contributed by atoms with Gasteiger partial charge in [-0.25, -0.2) is 0 Å². The normalized spacial score (nSPS) is 12.7. The van der Waals surface area contributed by atoms with E-state index in [1.807, 2.05) is 111 Å². The quantitative estimate of drug-likeness (QED) is 0.0716. The molecule has 0 spiro atoms. The third-order valence-corrected chi connectivity index (χ3v) is 11.7. The van der Waals surface area contributed by atoms with Crippen LogP contribution in [0.5, 0.6) is 23.0 Å². The molecule has 290 valence electrons. The van der Waals surface area contributed by atoms with Crippen molar-refractivity contribution in [3.63, 3.8) is 0 Å². The van der Waals surface area contributed by atoms with Crippen molar-refractivity contribution in [1.29, 1.82) is 0 Å². The van der Waals surface area contributed by atoms with Gasteiger partial charge in [-0.15, -0.1) is 0 Å². The van der Waals surface area contributed by atoms with Crippen LogP contribution < -0.4 is 14.4 Å². The van der Waals surface area contributed by atoms with Crippen molar-refractivity contribution in [2.24, 2.45) is 11.3 Å². The van der Waals surface area contributed by atoms with Gasteiger partial charge < -0.3 is 19.5 Å². The van der Waals surface area contributed by atoms with Crippen LogP contribution in [0.2, 0.25) is 0 Å². The van der Waals surface area contributed by atoms with E-state index in [0.29, 0.717) is 35.5 Å². The number of ketones is 1. The van der Waals surface area contributed by atoms with Crippen LogP contribution in [0, 0.1) is 25.2 Å². The van der Waals surface area contributed by atoms with Crippen LogP contribution in [0.4, 0.5) is 5.69 Å². The maximum Gasteiger partial charge on any atom is 0.163 e. The standard InChI is InChI=1S/C50H61NO4/c1-10-37(11-2)38-17-23-42(24-18-38)54-44-15-14-16-45(32-44)55-43-25-21-41(22-26-43)51(9)49(53)47-28-20-40(31-36(47)7)39-19-27-46(35(6)30-39)48(52)29-34(5)33-50(8,12-3)13-4/h14-28,30-32,34,37,49,53H,10-13,29,33H2,1-9H3. The number of carbonyl (C=O) groups excluding carboxylic acids is 1. The van der Waals surface area contributed by atoms with Gasteiger partial charge in [0.05, 0.1) is 0 Å². The number of aliphatic hydroxyl groups excluding tert-OH is 1. The monoisotopic (exact) mass is 739 g/mol. The van der Waals surface area contributed by atoms with E-state index in [-0.39, 0.29) is 11.2 Å². The highest BCUT2D eigenvalue weighted by Crippen LogP contribution is 2.36. The number of Topliss-reactive ketones (excluding diaryl/α,β-unsaturated/α-hetero) is 1. The number of aryl methyl sites for hydroxylation is 2. The summed E-state index contributed by atoms with van der Waals surface area (Å²) in [6.45, 7) is 17.5. The van der Waals surface area contributed by atoms with Crippen molar-refractivity contribution >= 4 is 11.5 Å². The van der Waals surface area contributed by atoms with Gasteiger partial charge in [-0.2, -0.15) is 0 Å². The molecule has 0 heterocycles. The van der Waals surface area contributed by atoms with Crippen LogP contribution >= 0.6 is 0 Å². The molecule has 0 fully saturated rings. The van der Waals surface area contributed by atoms with E-state index >= 15 is 0 Å². The Bertz CT molecular complexity index is 2010. The number of aliphatic hydroxyl groups is 1. The van der Waals surface area contributed by atoms with Crippen molar-refractivity contribution in [1.82, 2.24) is 0 Å². The largest absolute Gasteiger partial charge is 0.457 e. The molecule has 1 N–H and O–H groups in total. The summed E-state index contributed by atoms with van der Waals surface area (Å²) in [5, 5.41) is 11.5. The maximum absolute atomic E-state index is 13.3. The van der Waals surface area contributed by atoms with E-state index in [9.17, 15) is 9.90 Å². The van der Waals surface area contributed by atoms with Gasteiger partial charge in [0, 0.05) is 36.3 Å². The molecular formula is C50H61NO4. The summed E-state index contributed by atoms with van der Waals surface area (Å²) in [5.74, 6) is 4.00. The molecule has 0 aliphatic carbocycles. The highest BCUT2D eigenvalue weighted by atomic mass is 16.5. The van der Waals surface area contributed by atoms with Crippen LogP contribution in [0.3, 0.4) is 0 Å². The summed E-state index contributed by atoms with van der Waals surface area (Å²) in [4.78, 5) is 15.2. The second-order valence-electron chi connectivity index (χ2n) is 15.8. The van der Waals surface area contributed by atoms with E-state index in [2.05, 4.69) is 65.8 Å². The van der Waals surface area contributed by atoms with Crippen molar-refractivity contribution in [3.8, 4) is 34.1 Å². The number of hydrogen-bond donors (Lipinski definition) is 1. The molecular weight excluding hydrogens is 679 g/mol. The fraction of sp³-hybridized carbons (Fsp3) is 0.380. The minimum atomic E-state index is -0.843. The lowest BCUT2D eigenvalue weighted by Gasteiger charge is -2.29. The first-order valence-corrected chi connectivity index (χ1v) is 20.2. The summed E-state index contributed by atoms with van der Waals surface area (Å²) in [5.41, 5.74) is 8.23. The number of benzene rings is 5. The summed E-state index contributed by atoms with van der Waals surface area (Å²) in [7, 11) is 1.89. The molecule has 0 radical (unpaired) electrons. The molecule has 5 aromatic rings. The second-order valence-corrected chi connectivity index (χ2v) is 15.8. The first-order valence-electron chi connectivity index (χ1n) is 20.2. The summed E-state index contributed by atoms with van der Waals surface area (Å²) >= 11 is 0. The van der Waals surface area contributed by atoms with E-state index in [4.69, 9.17) is 9.47 Å². The Morgan fingerprint density at radius 2 is 1.25 bits per heavy atom. The van der Waals surface area contributed by atoms with E-state index in [1.165, 1.54) is 5.56 Å². The fourth-order valence-electron chi connectivity index (χ4n) is 7.72. The number of hydrogen-bond acceptors (Lipinski definition) is 5. The average Bonchev–Trinajstić information content (AvgIpc) is 3.18. The Balaban J connectivity index is 1.20. The minimum absolute atomic E-state index is 0.219. The Labute approximate surface area is 330 Å². The minimum Gasteiger partial charge on any atom is -0.457 e. The van der Waals surface area contributed by atoms with Gasteiger partial charge in [-0.1, -0.05) is 109 Å². The Morgan fingerprint density at radius 3 is 1.78 bits per heavy atom. The van der Waals surface area contributed by atoms with Crippen LogP contribution in [0.1, 0.15) is 125 Å². The predicted molar refractivity (Wildman–Crippen MR) is 229 cm³/mol. The molecule has 0 aliphatic rings. The Kier molecular flexibility index (Phi) is 14.0. The molecule has 0 saturated heterocycles. The molecule has 2 atom stereocenters. The third kappa shape index (κ3) is 10.5. The van der Waals surface area contributed by atoms with Gasteiger partial charge in [0.1, 0.15) is 23.0 Å². The zero-order valence-electron chi connectivity index (χ0n) is 34.5. The lowest BCUT2D eigenvalue weighted by Crippen LogP contribution is -2.24. The smallest absolute Gasteiger partial charge is 0.163 e. The first-order chi connectivity index (χ1) is 26.4. The second kappa shape index (κ2) is 18.6. The molecule has 0 bridgehead atoms. The number of nitrogens with zero attached hydrogens (tertiary/aromatic N) is 1. The molecule has 0 aromatic heterocycles. The lowest BCUT2D eigenvalue weighted by atomic mass is 9.76. The van der Waals surface area contributed by atoms with Crippen molar-refractivity contribution in [3.05, 3.63) is 137 Å². The highest BCUT2D eigenvalue weighted by molar-refractivity contribution is 5.98. The predicted octanol–water partition coefficient (Wildman–Crippen LogP) is 14.0. The zero-order chi connectivity index (χ0) is 39.7. The van der Waals surface area contributed by atoms with Gasteiger partial charge in [-0.05, 0) is 127 Å². The zero-order valence-corrected chi connectivity index (χ0v) is 34.5. The summed E-state index contributed by atoms with van der Waals surface area (Å²) < 4.78 is 12.3. The molecule has 0 amide bonds. The van der Waals surface area contributed by atoms with Crippen LogP contribution in [-0.4, -0.2) is 17.9 Å². The van der Waals surface area contributed by atoms with Gasteiger partial charge in [0.2, 0.25) is 0 Å². The molecule has 5 nitrogen and oxygen atoms in total. The number of ether oxygens (including phenoxy) is 2. The molecule has 5 aromatic carbocycles. The van der Waals surface area contributed by atoms with Gasteiger partial charge in [0.15, 0.2) is 12.0 Å². The Morgan fingerprint density at radius 1 is 0.709 bits per heavy atom. The van der Waals surface area contributed by atoms with Crippen molar-refractivity contribution < 1.29 is 19.4 Å². The van der Waals surface area contributed by atoms with Gasteiger partial charge in [0.25, 0.3) is 0 Å². The molecule has 5 heteroatoms. The number of carbonyl (C=O) groups is 1. The molecule has 0 aliphatic heterocycles. The SMILES string of the molecule is CCC(CC)c1ccc(Oc2cccc(Oc3ccc(N(C)C(O)c4ccc(-c5ccc(C(=O)CC(C)CC(C)(CC)CC)c(C)c5)cc4C)cc3)c2)cc1. The van der Waals surface area contributed by atoms with Crippen molar-refractivity contribution in [2.75, 3.05) is 11.9 Å². The number of rotatable bonds is 18. The van der Waals surface area contributed by atoms with E-state index in [1.54, 1.807) is 0 Å². The van der Waals surface area contributed by atoms with Crippen LogP contribution in [-0.2, 0) is 0 Å². The van der Waals surface area contributed by atoms with E-state index in [0.717, 1.165) is 76.9 Å². The molecule has 5 rings (SSSR count). The topological polar surface area (TPSA) is 59.0 Å². The third-order valence-electron chi connectivity index (χ3n) is 11.7. The average molecular weight is 740 g/mol. The van der Waals surface area contributed by atoms with Gasteiger partial charge in [-0.3, -0.25) is 4.79 Å².